The average molecular weight is 192 g/mol. The summed E-state index contributed by atoms with van der Waals surface area (Å²) >= 11 is 0. The highest BCUT2D eigenvalue weighted by atomic mass is 16.5. The zero-order valence-electron chi connectivity index (χ0n) is 8.66. The lowest BCUT2D eigenvalue weighted by molar-refractivity contribution is 0.153. The molecule has 1 aromatic rings. The van der Waals surface area contributed by atoms with Crippen LogP contribution in [0.25, 0.3) is 0 Å². The second kappa shape index (κ2) is 3.62. The van der Waals surface area contributed by atoms with E-state index in [0.717, 1.165) is 29.7 Å². The van der Waals surface area contributed by atoms with Crippen molar-refractivity contribution in [3.63, 3.8) is 0 Å². The summed E-state index contributed by atoms with van der Waals surface area (Å²) in [5, 5.41) is 9.91. The molecule has 1 aromatic carbocycles. The molecule has 1 atom stereocenters. The van der Waals surface area contributed by atoms with Crippen LogP contribution in [0.2, 0.25) is 0 Å². The second-order valence-electron chi connectivity index (χ2n) is 4.01. The maximum atomic E-state index is 9.91. The van der Waals surface area contributed by atoms with Gasteiger partial charge in [-0.3, -0.25) is 0 Å². The number of rotatable bonds is 3. The fraction of sp³-hybridized carbons (Fsp3) is 0.500. The summed E-state index contributed by atoms with van der Waals surface area (Å²) in [6.45, 7) is 2.00. The third kappa shape index (κ3) is 1.75. The molecule has 0 bridgehead atoms. The van der Waals surface area contributed by atoms with Crippen LogP contribution in [-0.4, -0.2) is 12.2 Å². The number of benzene rings is 1. The lowest BCUT2D eigenvalue weighted by atomic mass is 10.0. The Kier molecular flexibility index (Phi) is 2.46. The number of aliphatic hydroxyl groups is 1. The van der Waals surface area contributed by atoms with Crippen molar-refractivity contribution in [3.05, 3.63) is 29.3 Å². The molecule has 1 aliphatic rings. The summed E-state index contributed by atoms with van der Waals surface area (Å²) in [7, 11) is 1.67. The Morgan fingerprint density at radius 3 is 2.64 bits per heavy atom. The number of aliphatic hydroxyl groups excluding tert-OH is 1. The first-order valence-electron chi connectivity index (χ1n) is 5.05. The molecule has 1 N–H and O–H groups in total. The number of ether oxygens (including phenoxy) is 1. The lowest BCUT2D eigenvalue weighted by Crippen LogP contribution is -2.00. The molecule has 0 aliphatic heterocycles. The minimum absolute atomic E-state index is 0.278. The Balaban J connectivity index is 2.22. The van der Waals surface area contributed by atoms with Gasteiger partial charge in [0.15, 0.2) is 0 Å². The first-order valence-corrected chi connectivity index (χ1v) is 5.05. The molecule has 0 amide bonds. The molecule has 0 saturated heterocycles. The number of aryl methyl sites for hydroxylation is 1. The van der Waals surface area contributed by atoms with Crippen LogP contribution in [0.5, 0.6) is 5.75 Å². The first-order chi connectivity index (χ1) is 6.72. The molecule has 1 saturated carbocycles. The Hall–Kier alpha value is -1.02. The van der Waals surface area contributed by atoms with Gasteiger partial charge in [-0.2, -0.15) is 0 Å². The van der Waals surface area contributed by atoms with Crippen LogP contribution in [0.15, 0.2) is 18.2 Å². The second-order valence-corrected chi connectivity index (χ2v) is 4.01. The Morgan fingerprint density at radius 1 is 1.43 bits per heavy atom. The molecule has 2 nitrogen and oxygen atoms in total. The third-order valence-corrected chi connectivity index (χ3v) is 2.83. The fourth-order valence-electron chi connectivity index (χ4n) is 1.77. The molecule has 1 unspecified atom stereocenters. The summed E-state index contributed by atoms with van der Waals surface area (Å²) < 4.78 is 5.17. The van der Waals surface area contributed by atoms with Crippen molar-refractivity contribution in [3.8, 4) is 5.75 Å². The van der Waals surface area contributed by atoms with Crippen molar-refractivity contribution in [1.82, 2.24) is 0 Å². The number of hydrogen-bond donors (Lipinski definition) is 1. The van der Waals surface area contributed by atoms with Gasteiger partial charge in [0.2, 0.25) is 0 Å². The van der Waals surface area contributed by atoms with Gasteiger partial charge in [0.05, 0.1) is 13.2 Å². The fourth-order valence-corrected chi connectivity index (χ4v) is 1.77. The van der Waals surface area contributed by atoms with Crippen molar-refractivity contribution in [2.75, 3.05) is 7.11 Å². The molecule has 2 heteroatoms. The van der Waals surface area contributed by atoms with E-state index in [-0.39, 0.29) is 6.10 Å². The van der Waals surface area contributed by atoms with Gasteiger partial charge in [0.1, 0.15) is 5.75 Å². The lowest BCUT2D eigenvalue weighted by Gasteiger charge is -2.12. The quantitative estimate of drug-likeness (QED) is 0.797. The van der Waals surface area contributed by atoms with E-state index in [2.05, 4.69) is 0 Å². The zero-order valence-corrected chi connectivity index (χ0v) is 8.66. The van der Waals surface area contributed by atoms with Gasteiger partial charge >= 0.3 is 0 Å². The molecule has 0 radical (unpaired) electrons. The van der Waals surface area contributed by atoms with E-state index in [1.165, 1.54) is 0 Å². The number of hydrogen-bond acceptors (Lipinski definition) is 2. The average Bonchev–Trinajstić information content (AvgIpc) is 3.00. The highest BCUT2D eigenvalue weighted by Gasteiger charge is 2.30. The van der Waals surface area contributed by atoms with Crippen molar-refractivity contribution in [2.24, 2.45) is 5.92 Å². The molecular formula is C12H16O2. The monoisotopic (exact) mass is 192 g/mol. The van der Waals surface area contributed by atoms with Crippen LogP contribution >= 0.6 is 0 Å². The SMILES string of the molecule is COc1ccc(C(O)C2CC2)cc1C. The van der Waals surface area contributed by atoms with Crippen molar-refractivity contribution < 1.29 is 9.84 Å². The summed E-state index contributed by atoms with van der Waals surface area (Å²) in [5.41, 5.74) is 2.11. The third-order valence-electron chi connectivity index (χ3n) is 2.83. The zero-order chi connectivity index (χ0) is 10.1. The van der Waals surface area contributed by atoms with E-state index < -0.39 is 0 Å². The Bertz CT molecular complexity index is 329. The standard InChI is InChI=1S/C12H16O2/c1-8-7-10(5-6-11(8)14-2)12(13)9-3-4-9/h5-7,9,12-13H,3-4H2,1-2H3. The van der Waals surface area contributed by atoms with Gasteiger partial charge in [0.25, 0.3) is 0 Å². The smallest absolute Gasteiger partial charge is 0.121 e. The van der Waals surface area contributed by atoms with Gasteiger partial charge in [-0.05, 0) is 48.9 Å². The number of methoxy groups -OCH3 is 1. The van der Waals surface area contributed by atoms with Crippen LogP contribution < -0.4 is 4.74 Å². The Morgan fingerprint density at radius 2 is 2.14 bits per heavy atom. The van der Waals surface area contributed by atoms with E-state index in [9.17, 15) is 5.11 Å². The predicted molar refractivity (Wildman–Crippen MR) is 55.4 cm³/mol. The van der Waals surface area contributed by atoms with Crippen LogP contribution in [-0.2, 0) is 0 Å². The first kappa shape index (κ1) is 9.53. The van der Waals surface area contributed by atoms with E-state index in [4.69, 9.17) is 4.74 Å². The maximum Gasteiger partial charge on any atom is 0.121 e. The van der Waals surface area contributed by atoms with Gasteiger partial charge in [-0.15, -0.1) is 0 Å². The summed E-state index contributed by atoms with van der Waals surface area (Å²) in [6.07, 6.45) is 2.04. The van der Waals surface area contributed by atoms with E-state index in [1.807, 2.05) is 25.1 Å². The van der Waals surface area contributed by atoms with Crippen molar-refractivity contribution in [1.29, 1.82) is 0 Å². The van der Waals surface area contributed by atoms with E-state index >= 15 is 0 Å². The van der Waals surface area contributed by atoms with Crippen molar-refractivity contribution >= 4 is 0 Å². The summed E-state index contributed by atoms with van der Waals surface area (Å²) in [4.78, 5) is 0. The van der Waals surface area contributed by atoms with Gasteiger partial charge in [0, 0.05) is 0 Å². The summed E-state index contributed by atoms with van der Waals surface area (Å²) in [6, 6.07) is 5.90. The molecule has 1 aliphatic carbocycles. The molecule has 1 fully saturated rings. The molecule has 76 valence electrons. The largest absolute Gasteiger partial charge is 0.496 e. The molecule has 0 spiro atoms. The molecule has 0 aromatic heterocycles. The van der Waals surface area contributed by atoms with E-state index in [1.54, 1.807) is 7.11 Å². The highest BCUT2D eigenvalue weighted by Crippen LogP contribution is 2.41. The molecule has 0 heterocycles. The maximum absolute atomic E-state index is 9.91. The minimum atomic E-state index is -0.278. The van der Waals surface area contributed by atoms with Gasteiger partial charge in [-0.1, -0.05) is 6.07 Å². The van der Waals surface area contributed by atoms with E-state index in [0.29, 0.717) is 5.92 Å². The van der Waals surface area contributed by atoms with Gasteiger partial charge < -0.3 is 9.84 Å². The molecular weight excluding hydrogens is 176 g/mol. The van der Waals surface area contributed by atoms with Crippen LogP contribution in [0.1, 0.15) is 30.1 Å². The molecule has 2 rings (SSSR count). The Labute approximate surface area is 84.5 Å². The molecule has 14 heavy (non-hydrogen) atoms. The van der Waals surface area contributed by atoms with Crippen LogP contribution in [0, 0.1) is 12.8 Å². The summed E-state index contributed by atoms with van der Waals surface area (Å²) in [5.74, 6) is 1.37. The van der Waals surface area contributed by atoms with Crippen LogP contribution in [0.3, 0.4) is 0 Å². The topological polar surface area (TPSA) is 29.5 Å². The highest BCUT2D eigenvalue weighted by molar-refractivity contribution is 5.37. The minimum Gasteiger partial charge on any atom is -0.496 e. The van der Waals surface area contributed by atoms with Crippen LogP contribution in [0.4, 0.5) is 0 Å². The van der Waals surface area contributed by atoms with Crippen molar-refractivity contribution in [2.45, 2.75) is 25.9 Å². The predicted octanol–water partition coefficient (Wildman–Crippen LogP) is 2.45. The normalized spacial score (nSPS) is 17.9. The van der Waals surface area contributed by atoms with Gasteiger partial charge in [-0.25, -0.2) is 0 Å².